The molecule has 204 valence electrons. The van der Waals surface area contributed by atoms with Crippen molar-refractivity contribution in [3.8, 4) is 0 Å². The van der Waals surface area contributed by atoms with Gasteiger partial charge in [-0.2, -0.15) is 0 Å². The Hall–Kier alpha value is -3.88. The van der Waals surface area contributed by atoms with Gasteiger partial charge in [0.15, 0.2) is 5.82 Å². The standard InChI is InChI=1S/C29H38N4O5/c1-20(2)24(25-31-38-28(36)33(25)19-22-11-8-7-9-12-22)32(26(34)23-15-13-21(3)14-16-23)18-10-17-30-27(35)37-29(4,5)6/h7-9,11-16,20,24H,10,17-19H2,1-6H3,(H,30,35). The van der Waals surface area contributed by atoms with Gasteiger partial charge in [0.25, 0.3) is 5.91 Å². The molecule has 0 radical (unpaired) electrons. The van der Waals surface area contributed by atoms with Crippen LogP contribution in [0.4, 0.5) is 4.79 Å². The number of rotatable bonds is 10. The lowest BCUT2D eigenvalue weighted by atomic mass is 9.99. The van der Waals surface area contributed by atoms with Gasteiger partial charge in [0.1, 0.15) is 5.60 Å². The molecule has 1 N–H and O–H groups in total. The van der Waals surface area contributed by atoms with Gasteiger partial charge in [-0.15, -0.1) is 0 Å². The van der Waals surface area contributed by atoms with Gasteiger partial charge in [-0.3, -0.25) is 13.9 Å². The highest BCUT2D eigenvalue weighted by Crippen LogP contribution is 2.29. The van der Waals surface area contributed by atoms with Gasteiger partial charge >= 0.3 is 11.8 Å². The van der Waals surface area contributed by atoms with Crippen LogP contribution in [0, 0.1) is 12.8 Å². The van der Waals surface area contributed by atoms with Gasteiger partial charge in [-0.05, 0) is 57.7 Å². The quantitative estimate of drug-likeness (QED) is 0.378. The van der Waals surface area contributed by atoms with Gasteiger partial charge in [0.2, 0.25) is 0 Å². The number of hydrogen-bond acceptors (Lipinski definition) is 6. The van der Waals surface area contributed by atoms with E-state index in [4.69, 9.17) is 9.26 Å². The molecule has 0 aliphatic carbocycles. The Morgan fingerprint density at radius 1 is 1.08 bits per heavy atom. The fraction of sp³-hybridized carbons (Fsp3) is 0.448. The number of ether oxygens (including phenoxy) is 1. The zero-order chi connectivity index (χ0) is 27.9. The van der Waals surface area contributed by atoms with Gasteiger partial charge in [0.05, 0.1) is 12.6 Å². The van der Waals surface area contributed by atoms with Crippen molar-refractivity contribution in [1.82, 2.24) is 19.9 Å². The average Bonchev–Trinajstić information content (AvgIpc) is 3.19. The SMILES string of the molecule is Cc1ccc(C(=O)N(CCCNC(=O)OC(C)(C)C)C(c2noc(=O)n2Cc2ccccc2)C(C)C)cc1. The number of aromatic nitrogens is 2. The molecular formula is C29H38N4O5. The van der Waals surface area contributed by atoms with Crippen LogP contribution < -0.4 is 11.1 Å². The van der Waals surface area contributed by atoms with E-state index in [9.17, 15) is 14.4 Å². The Kier molecular flexibility index (Phi) is 9.50. The maximum absolute atomic E-state index is 13.8. The zero-order valence-electron chi connectivity index (χ0n) is 23.1. The summed E-state index contributed by atoms with van der Waals surface area (Å²) >= 11 is 0. The second-order valence-electron chi connectivity index (χ2n) is 10.7. The van der Waals surface area contributed by atoms with Gasteiger partial charge in [0, 0.05) is 18.7 Å². The van der Waals surface area contributed by atoms with E-state index in [1.807, 2.05) is 63.2 Å². The first-order chi connectivity index (χ1) is 18.0. The Morgan fingerprint density at radius 3 is 2.34 bits per heavy atom. The van der Waals surface area contributed by atoms with E-state index in [1.54, 1.807) is 37.8 Å². The van der Waals surface area contributed by atoms with Crippen LogP contribution in [0.2, 0.25) is 0 Å². The average molecular weight is 523 g/mol. The lowest BCUT2D eigenvalue weighted by molar-refractivity contribution is 0.0519. The van der Waals surface area contributed by atoms with Crippen LogP contribution in [0.25, 0.3) is 0 Å². The summed E-state index contributed by atoms with van der Waals surface area (Å²) < 4.78 is 11.9. The number of hydrogen-bond donors (Lipinski definition) is 1. The summed E-state index contributed by atoms with van der Waals surface area (Å²) in [4.78, 5) is 40.3. The third-order valence-corrected chi connectivity index (χ3v) is 5.93. The van der Waals surface area contributed by atoms with Crippen molar-refractivity contribution in [2.75, 3.05) is 13.1 Å². The largest absolute Gasteiger partial charge is 0.444 e. The second kappa shape index (κ2) is 12.6. The topological polar surface area (TPSA) is 107 Å². The maximum Gasteiger partial charge on any atom is 0.441 e. The first kappa shape index (κ1) is 28.7. The van der Waals surface area contributed by atoms with Crippen molar-refractivity contribution in [3.05, 3.63) is 87.7 Å². The smallest absolute Gasteiger partial charge is 0.441 e. The van der Waals surface area contributed by atoms with E-state index in [-0.39, 0.29) is 18.4 Å². The summed E-state index contributed by atoms with van der Waals surface area (Å²) in [6.07, 6.45) is -0.0385. The fourth-order valence-corrected chi connectivity index (χ4v) is 4.18. The van der Waals surface area contributed by atoms with Crippen molar-refractivity contribution in [2.45, 2.75) is 66.2 Å². The molecule has 0 aliphatic rings. The molecule has 2 amide bonds. The zero-order valence-corrected chi connectivity index (χ0v) is 23.1. The fourth-order valence-electron chi connectivity index (χ4n) is 4.18. The molecule has 0 bridgehead atoms. The van der Waals surface area contributed by atoms with Gasteiger partial charge < -0.3 is 15.0 Å². The molecule has 1 unspecified atom stereocenters. The minimum atomic E-state index is -0.602. The molecule has 0 aliphatic heterocycles. The second-order valence-corrected chi connectivity index (χ2v) is 10.7. The van der Waals surface area contributed by atoms with E-state index in [0.717, 1.165) is 11.1 Å². The summed E-state index contributed by atoms with van der Waals surface area (Å²) in [5.41, 5.74) is 1.89. The predicted molar refractivity (Wildman–Crippen MR) is 145 cm³/mol. The van der Waals surface area contributed by atoms with Crippen LogP contribution in [0.3, 0.4) is 0 Å². The van der Waals surface area contributed by atoms with Crippen LogP contribution >= 0.6 is 0 Å². The molecule has 0 fully saturated rings. The van der Waals surface area contributed by atoms with Crippen LogP contribution in [0.5, 0.6) is 0 Å². The summed E-state index contributed by atoms with van der Waals surface area (Å²) in [6.45, 7) is 12.2. The predicted octanol–water partition coefficient (Wildman–Crippen LogP) is 4.95. The minimum Gasteiger partial charge on any atom is -0.444 e. The molecular weight excluding hydrogens is 484 g/mol. The lowest BCUT2D eigenvalue weighted by Gasteiger charge is -2.34. The lowest BCUT2D eigenvalue weighted by Crippen LogP contribution is -2.41. The van der Waals surface area contributed by atoms with Crippen LogP contribution in [0.15, 0.2) is 63.9 Å². The van der Waals surface area contributed by atoms with Crippen molar-refractivity contribution in [1.29, 1.82) is 0 Å². The Balaban J connectivity index is 1.90. The maximum atomic E-state index is 13.8. The van der Waals surface area contributed by atoms with Crippen LogP contribution in [0.1, 0.15) is 74.4 Å². The number of amides is 2. The summed E-state index contributed by atoms with van der Waals surface area (Å²) in [6, 6.07) is 16.4. The molecule has 2 aromatic carbocycles. The first-order valence-electron chi connectivity index (χ1n) is 12.9. The minimum absolute atomic E-state index is 0.0882. The van der Waals surface area contributed by atoms with Crippen LogP contribution in [-0.2, 0) is 11.3 Å². The van der Waals surface area contributed by atoms with Gasteiger partial charge in [-0.25, -0.2) is 9.59 Å². The van der Waals surface area contributed by atoms with Crippen molar-refractivity contribution >= 4 is 12.0 Å². The molecule has 0 saturated carbocycles. The van der Waals surface area contributed by atoms with E-state index in [0.29, 0.717) is 30.9 Å². The highest BCUT2D eigenvalue weighted by molar-refractivity contribution is 5.94. The van der Waals surface area contributed by atoms with Crippen molar-refractivity contribution in [2.24, 2.45) is 5.92 Å². The molecule has 9 nitrogen and oxygen atoms in total. The number of aryl methyl sites for hydroxylation is 1. The molecule has 1 aromatic heterocycles. The summed E-state index contributed by atoms with van der Waals surface area (Å²) in [5.74, 6) is -0.476. The van der Waals surface area contributed by atoms with Gasteiger partial charge in [-0.1, -0.05) is 67.0 Å². The summed E-state index contributed by atoms with van der Waals surface area (Å²) in [5, 5.41) is 6.88. The molecule has 1 heterocycles. The molecule has 1 atom stereocenters. The number of carbonyl (C=O) groups is 2. The highest BCUT2D eigenvalue weighted by Gasteiger charge is 2.33. The third-order valence-electron chi connectivity index (χ3n) is 5.93. The number of nitrogens with one attached hydrogen (secondary N) is 1. The molecule has 0 saturated heterocycles. The number of nitrogens with zero attached hydrogens (tertiary/aromatic N) is 3. The normalized spacial score (nSPS) is 12.3. The highest BCUT2D eigenvalue weighted by atomic mass is 16.6. The Labute approximate surface area is 223 Å². The Morgan fingerprint density at radius 2 is 1.74 bits per heavy atom. The number of benzene rings is 2. The molecule has 0 spiro atoms. The van der Waals surface area contributed by atoms with Crippen molar-refractivity contribution < 1.29 is 18.8 Å². The van der Waals surface area contributed by atoms with E-state index < -0.39 is 23.5 Å². The molecule has 9 heteroatoms. The Bertz CT molecular complexity index is 1260. The monoisotopic (exact) mass is 522 g/mol. The summed E-state index contributed by atoms with van der Waals surface area (Å²) in [7, 11) is 0. The van der Waals surface area contributed by atoms with E-state index >= 15 is 0 Å². The number of carbonyl (C=O) groups excluding carboxylic acids is 2. The first-order valence-corrected chi connectivity index (χ1v) is 12.9. The van der Waals surface area contributed by atoms with E-state index in [1.165, 1.54) is 4.57 Å². The molecule has 3 rings (SSSR count). The van der Waals surface area contributed by atoms with E-state index in [2.05, 4.69) is 10.5 Å². The van der Waals surface area contributed by atoms with Crippen molar-refractivity contribution in [3.63, 3.8) is 0 Å². The number of alkyl carbamates (subject to hydrolysis) is 1. The van der Waals surface area contributed by atoms with Crippen LogP contribution in [-0.4, -0.2) is 45.3 Å². The third kappa shape index (κ3) is 7.81. The molecule has 38 heavy (non-hydrogen) atoms. The molecule has 3 aromatic rings.